The molecule has 1 saturated carbocycles. The van der Waals surface area contributed by atoms with Crippen LogP contribution in [0.5, 0.6) is 0 Å². The van der Waals surface area contributed by atoms with Gasteiger partial charge < -0.3 is 25.1 Å². The van der Waals surface area contributed by atoms with Crippen molar-refractivity contribution in [3.05, 3.63) is 71.9 Å². The van der Waals surface area contributed by atoms with Crippen molar-refractivity contribution in [3.63, 3.8) is 0 Å². The number of hydrogen-bond acceptors (Lipinski definition) is 7. The predicted octanol–water partition coefficient (Wildman–Crippen LogP) is 3.51. The van der Waals surface area contributed by atoms with Gasteiger partial charge in [-0.15, -0.1) is 0 Å². The summed E-state index contributed by atoms with van der Waals surface area (Å²) in [5.41, 5.74) is -0.725. The van der Waals surface area contributed by atoms with Crippen LogP contribution in [0.15, 0.2) is 59.5 Å². The number of alkyl halides is 3. The highest BCUT2D eigenvalue weighted by Gasteiger charge is 2.37. The molecule has 212 valence electrons. The van der Waals surface area contributed by atoms with E-state index in [0.717, 1.165) is 43.0 Å². The SMILES string of the molecule is O=C(NCC(=O)N1CC[C@H](NC2CCC(O)(c3ccc(-c4ncco4)cn3)CC2)C1)c1cccc(C(F)(F)F)c1. The fourth-order valence-electron chi connectivity index (χ4n) is 5.34. The van der Waals surface area contributed by atoms with E-state index in [1.807, 2.05) is 6.07 Å². The van der Waals surface area contributed by atoms with Crippen LogP contribution in [0.3, 0.4) is 0 Å². The van der Waals surface area contributed by atoms with Crippen LogP contribution in [0.25, 0.3) is 11.5 Å². The summed E-state index contributed by atoms with van der Waals surface area (Å²) in [6.07, 6.45) is 3.49. The summed E-state index contributed by atoms with van der Waals surface area (Å²) in [7, 11) is 0. The van der Waals surface area contributed by atoms with Gasteiger partial charge in [-0.1, -0.05) is 6.07 Å². The molecule has 0 radical (unpaired) electrons. The number of benzene rings is 1. The second kappa shape index (κ2) is 11.4. The maximum atomic E-state index is 12.9. The van der Waals surface area contributed by atoms with Gasteiger partial charge in [-0.3, -0.25) is 14.6 Å². The molecule has 1 aliphatic carbocycles. The lowest BCUT2D eigenvalue weighted by Gasteiger charge is -2.37. The summed E-state index contributed by atoms with van der Waals surface area (Å²) in [6.45, 7) is 0.705. The number of halogens is 3. The van der Waals surface area contributed by atoms with Crippen molar-refractivity contribution in [1.29, 1.82) is 0 Å². The zero-order chi connectivity index (χ0) is 28.3. The first-order valence-electron chi connectivity index (χ1n) is 13.2. The molecule has 2 fully saturated rings. The van der Waals surface area contributed by atoms with Crippen LogP contribution >= 0.6 is 0 Å². The van der Waals surface area contributed by atoms with Crippen molar-refractivity contribution in [1.82, 2.24) is 25.5 Å². The Morgan fingerprint density at radius 3 is 2.58 bits per heavy atom. The molecule has 5 rings (SSSR count). The van der Waals surface area contributed by atoms with E-state index in [1.54, 1.807) is 23.4 Å². The largest absolute Gasteiger partial charge is 0.444 e. The van der Waals surface area contributed by atoms with Crippen LogP contribution < -0.4 is 10.6 Å². The van der Waals surface area contributed by atoms with Crippen LogP contribution in [-0.4, -0.2) is 63.5 Å². The van der Waals surface area contributed by atoms with Crippen molar-refractivity contribution in [2.75, 3.05) is 19.6 Å². The zero-order valence-electron chi connectivity index (χ0n) is 21.7. The fraction of sp³-hybridized carbons (Fsp3) is 0.429. The maximum Gasteiger partial charge on any atom is 0.416 e. The lowest BCUT2D eigenvalue weighted by Crippen LogP contribution is -2.46. The minimum absolute atomic E-state index is 0.0810. The quantitative estimate of drug-likeness (QED) is 0.407. The van der Waals surface area contributed by atoms with E-state index in [2.05, 4.69) is 20.6 Å². The second-order valence-electron chi connectivity index (χ2n) is 10.3. The third-order valence-electron chi connectivity index (χ3n) is 7.60. The van der Waals surface area contributed by atoms with Gasteiger partial charge in [0.15, 0.2) is 0 Å². The van der Waals surface area contributed by atoms with Crippen molar-refractivity contribution in [3.8, 4) is 11.5 Å². The first-order chi connectivity index (χ1) is 19.1. The summed E-state index contributed by atoms with van der Waals surface area (Å²) < 4.78 is 44.0. The number of aromatic nitrogens is 2. The van der Waals surface area contributed by atoms with Crippen molar-refractivity contribution >= 4 is 11.8 Å². The molecule has 1 aromatic carbocycles. The molecule has 40 heavy (non-hydrogen) atoms. The minimum Gasteiger partial charge on any atom is -0.444 e. The van der Waals surface area contributed by atoms with Gasteiger partial charge in [-0.25, -0.2) is 4.98 Å². The lowest BCUT2D eigenvalue weighted by atomic mass is 9.79. The summed E-state index contributed by atoms with van der Waals surface area (Å²) in [6, 6.07) is 8.01. The molecule has 1 atom stereocenters. The summed E-state index contributed by atoms with van der Waals surface area (Å²) in [5.74, 6) is -0.548. The Balaban J connectivity index is 1.06. The highest BCUT2D eigenvalue weighted by atomic mass is 19.4. The van der Waals surface area contributed by atoms with E-state index in [0.29, 0.717) is 37.5 Å². The molecule has 0 unspecified atom stereocenters. The van der Waals surface area contributed by atoms with Crippen LogP contribution in [0.1, 0.15) is 53.7 Å². The summed E-state index contributed by atoms with van der Waals surface area (Å²) in [4.78, 5) is 35.1. The summed E-state index contributed by atoms with van der Waals surface area (Å²) in [5, 5.41) is 17.2. The van der Waals surface area contributed by atoms with Gasteiger partial charge in [0.1, 0.15) is 11.9 Å². The van der Waals surface area contributed by atoms with Crippen LogP contribution in [0.4, 0.5) is 13.2 Å². The average Bonchev–Trinajstić information content (AvgIpc) is 3.66. The number of oxazole rings is 1. The Kier molecular flexibility index (Phi) is 7.90. The van der Waals surface area contributed by atoms with Crippen LogP contribution in [0.2, 0.25) is 0 Å². The average molecular weight is 558 g/mol. The zero-order valence-corrected chi connectivity index (χ0v) is 21.7. The van der Waals surface area contributed by atoms with Crippen molar-refractivity contribution < 1.29 is 32.3 Å². The van der Waals surface area contributed by atoms with Crippen LogP contribution in [-0.2, 0) is 16.6 Å². The second-order valence-corrected chi connectivity index (χ2v) is 10.3. The number of carbonyl (C=O) groups excluding carboxylic acids is 2. The normalized spacial score (nSPS) is 23.2. The highest BCUT2D eigenvalue weighted by molar-refractivity contribution is 5.96. The molecular weight excluding hydrogens is 527 g/mol. The Labute approximate surface area is 228 Å². The van der Waals surface area contributed by atoms with Gasteiger partial charge in [0, 0.05) is 36.9 Å². The number of likely N-dealkylation sites (tertiary alicyclic amines) is 1. The van der Waals surface area contributed by atoms with E-state index in [1.165, 1.54) is 12.3 Å². The van der Waals surface area contributed by atoms with Gasteiger partial charge in [0.2, 0.25) is 11.8 Å². The van der Waals surface area contributed by atoms with E-state index < -0.39 is 23.2 Å². The Morgan fingerprint density at radius 2 is 1.90 bits per heavy atom. The van der Waals surface area contributed by atoms with E-state index >= 15 is 0 Å². The smallest absolute Gasteiger partial charge is 0.416 e. The molecule has 9 nitrogen and oxygen atoms in total. The molecule has 3 aromatic rings. The topological polar surface area (TPSA) is 121 Å². The molecule has 2 aliphatic rings. The predicted molar refractivity (Wildman–Crippen MR) is 138 cm³/mol. The number of hydrogen-bond donors (Lipinski definition) is 3. The highest BCUT2D eigenvalue weighted by Crippen LogP contribution is 2.37. The third-order valence-corrected chi connectivity index (χ3v) is 7.60. The van der Waals surface area contributed by atoms with Crippen molar-refractivity contribution in [2.45, 2.75) is 56.0 Å². The first kappa shape index (κ1) is 27.8. The number of nitrogens with zero attached hydrogens (tertiary/aromatic N) is 3. The third kappa shape index (κ3) is 6.34. The molecule has 3 N–H and O–H groups in total. The molecular formula is C28H30F3N5O4. The Hall–Kier alpha value is -3.77. The number of carbonyl (C=O) groups is 2. The lowest BCUT2D eigenvalue weighted by molar-refractivity contribution is -0.137. The van der Waals surface area contributed by atoms with E-state index in [-0.39, 0.29) is 30.1 Å². The number of nitrogens with one attached hydrogen (secondary N) is 2. The van der Waals surface area contributed by atoms with Crippen molar-refractivity contribution in [2.24, 2.45) is 0 Å². The van der Waals surface area contributed by atoms with Gasteiger partial charge in [-0.2, -0.15) is 13.2 Å². The standard InChI is InChI=1S/C28H30F3N5O4/c29-28(30,31)20-3-1-2-18(14-20)25(38)34-16-24(37)36-12-8-22(17-36)35-21-6-9-27(39,10-7-21)23-5-4-19(15-33-23)26-32-11-13-40-26/h1-5,11,13-15,21-22,35,39H,6-10,12,16-17H2,(H,34,38)/t21?,22-,27?/m0/s1. The molecule has 0 spiro atoms. The number of rotatable bonds is 7. The fourth-order valence-corrected chi connectivity index (χ4v) is 5.34. The molecule has 1 saturated heterocycles. The Bertz CT molecular complexity index is 1320. The van der Waals surface area contributed by atoms with E-state index in [9.17, 15) is 27.9 Å². The molecule has 1 aliphatic heterocycles. The van der Waals surface area contributed by atoms with Gasteiger partial charge in [-0.05, 0) is 62.4 Å². The molecule has 3 heterocycles. The molecule has 2 aromatic heterocycles. The van der Waals surface area contributed by atoms with Crippen LogP contribution in [0, 0.1) is 0 Å². The molecule has 12 heteroatoms. The van der Waals surface area contributed by atoms with E-state index in [4.69, 9.17) is 4.42 Å². The molecule has 2 amide bonds. The first-order valence-corrected chi connectivity index (χ1v) is 13.2. The number of amides is 2. The van der Waals surface area contributed by atoms with Gasteiger partial charge in [0.05, 0.1) is 29.6 Å². The number of pyridine rings is 1. The van der Waals surface area contributed by atoms with Gasteiger partial charge in [0.25, 0.3) is 5.91 Å². The minimum atomic E-state index is -4.55. The monoisotopic (exact) mass is 557 g/mol. The number of aliphatic hydroxyl groups is 1. The Morgan fingerprint density at radius 1 is 1.10 bits per heavy atom. The summed E-state index contributed by atoms with van der Waals surface area (Å²) >= 11 is 0. The molecule has 0 bridgehead atoms. The maximum absolute atomic E-state index is 12.9. The van der Waals surface area contributed by atoms with Gasteiger partial charge >= 0.3 is 6.18 Å².